The van der Waals surface area contributed by atoms with Gasteiger partial charge in [0.05, 0.1) is 23.2 Å². The van der Waals surface area contributed by atoms with Crippen LogP contribution in [0.2, 0.25) is 0 Å². The van der Waals surface area contributed by atoms with Crippen molar-refractivity contribution >= 4 is 28.6 Å². The average molecular weight is 478 g/mol. The Morgan fingerprint density at radius 3 is 2.65 bits per heavy atom. The highest BCUT2D eigenvalue weighted by molar-refractivity contribution is 7.99. The maximum Gasteiger partial charge on any atom is 0.262 e. The number of amides is 1. The summed E-state index contributed by atoms with van der Waals surface area (Å²) in [6.45, 7) is 0.728. The van der Waals surface area contributed by atoms with Gasteiger partial charge in [-0.25, -0.2) is 9.37 Å². The molecule has 1 aromatic heterocycles. The number of nitrogens with zero attached hydrogens (tertiary/aromatic N) is 2. The first-order valence-electron chi connectivity index (χ1n) is 10.6. The molecule has 0 fully saturated rings. The van der Waals surface area contributed by atoms with Crippen molar-refractivity contribution in [1.29, 1.82) is 0 Å². The summed E-state index contributed by atoms with van der Waals surface area (Å²) in [7, 11) is 0. The third-order valence-corrected chi connectivity index (χ3v) is 6.32. The van der Waals surface area contributed by atoms with Crippen molar-refractivity contribution in [2.45, 2.75) is 18.2 Å². The molecule has 9 heteroatoms. The molecule has 0 atom stereocenters. The SMILES string of the molecule is O=C(CSc1nc2ccccc2c(=O)n1Cc1ccc2c(c1)OCO2)NCc1ccc(F)cc1. The van der Waals surface area contributed by atoms with E-state index in [0.717, 1.165) is 11.1 Å². The lowest BCUT2D eigenvalue weighted by atomic mass is 10.2. The number of hydrogen-bond donors (Lipinski definition) is 1. The van der Waals surface area contributed by atoms with Gasteiger partial charge in [0.15, 0.2) is 16.7 Å². The largest absolute Gasteiger partial charge is 0.454 e. The van der Waals surface area contributed by atoms with Crippen LogP contribution < -0.4 is 20.3 Å². The molecule has 172 valence electrons. The molecule has 1 aliphatic heterocycles. The fourth-order valence-electron chi connectivity index (χ4n) is 3.60. The lowest BCUT2D eigenvalue weighted by molar-refractivity contribution is -0.118. The first-order valence-corrected chi connectivity index (χ1v) is 11.6. The van der Waals surface area contributed by atoms with Crippen molar-refractivity contribution < 1.29 is 18.7 Å². The van der Waals surface area contributed by atoms with E-state index in [-0.39, 0.29) is 42.9 Å². The van der Waals surface area contributed by atoms with E-state index in [9.17, 15) is 14.0 Å². The quantitative estimate of drug-likeness (QED) is 0.323. The standard InChI is InChI=1S/C25H20FN3O4S/c26-18-8-5-16(6-9-18)12-27-23(30)14-34-25-28-20-4-2-1-3-19(20)24(31)29(25)13-17-7-10-21-22(11-17)33-15-32-21/h1-11H,12-15H2,(H,27,30). The number of halogens is 1. The summed E-state index contributed by atoms with van der Waals surface area (Å²) in [4.78, 5) is 30.4. The van der Waals surface area contributed by atoms with Gasteiger partial charge in [0, 0.05) is 6.54 Å². The Balaban J connectivity index is 1.36. The van der Waals surface area contributed by atoms with Crippen LogP contribution in [-0.2, 0) is 17.9 Å². The minimum atomic E-state index is -0.326. The number of carbonyl (C=O) groups excluding carboxylic acids is 1. The van der Waals surface area contributed by atoms with Crippen LogP contribution in [-0.4, -0.2) is 28.0 Å². The second-order valence-corrected chi connectivity index (χ2v) is 8.62. The maximum absolute atomic E-state index is 13.3. The predicted octanol–water partition coefficient (Wildman–Crippen LogP) is 3.72. The lowest BCUT2D eigenvalue weighted by Crippen LogP contribution is -2.27. The zero-order valence-corrected chi connectivity index (χ0v) is 18.8. The van der Waals surface area contributed by atoms with Gasteiger partial charge in [-0.2, -0.15) is 0 Å². The number of thioether (sulfide) groups is 1. The molecule has 4 aromatic rings. The Morgan fingerprint density at radius 2 is 1.79 bits per heavy atom. The van der Waals surface area contributed by atoms with Crippen LogP contribution in [0.3, 0.4) is 0 Å². The fourth-order valence-corrected chi connectivity index (χ4v) is 4.43. The summed E-state index contributed by atoms with van der Waals surface area (Å²) in [6.07, 6.45) is 0. The number of nitrogens with one attached hydrogen (secondary N) is 1. The number of rotatable bonds is 7. The van der Waals surface area contributed by atoms with E-state index in [2.05, 4.69) is 10.3 Å². The molecule has 1 N–H and O–H groups in total. The van der Waals surface area contributed by atoms with Crippen molar-refractivity contribution in [3.63, 3.8) is 0 Å². The van der Waals surface area contributed by atoms with E-state index in [1.165, 1.54) is 23.9 Å². The average Bonchev–Trinajstić information content (AvgIpc) is 3.32. The van der Waals surface area contributed by atoms with Crippen LogP contribution in [0.15, 0.2) is 76.7 Å². The minimum absolute atomic E-state index is 0.0765. The van der Waals surface area contributed by atoms with Crippen molar-refractivity contribution in [3.8, 4) is 11.5 Å². The molecule has 0 saturated carbocycles. The van der Waals surface area contributed by atoms with Crippen LogP contribution in [0.25, 0.3) is 10.9 Å². The van der Waals surface area contributed by atoms with E-state index < -0.39 is 0 Å². The topological polar surface area (TPSA) is 82.5 Å². The number of para-hydroxylation sites is 1. The summed E-state index contributed by atoms with van der Waals surface area (Å²) >= 11 is 1.19. The van der Waals surface area contributed by atoms with Gasteiger partial charge in [-0.1, -0.05) is 42.1 Å². The molecule has 34 heavy (non-hydrogen) atoms. The van der Waals surface area contributed by atoms with Gasteiger partial charge in [-0.15, -0.1) is 0 Å². The van der Waals surface area contributed by atoms with Crippen molar-refractivity contribution in [1.82, 2.24) is 14.9 Å². The molecule has 5 rings (SSSR count). The highest BCUT2D eigenvalue weighted by Gasteiger charge is 2.17. The van der Waals surface area contributed by atoms with Gasteiger partial charge in [-0.05, 0) is 47.5 Å². The molecule has 2 heterocycles. The van der Waals surface area contributed by atoms with Crippen molar-refractivity contribution in [2.75, 3.05) is 12.5 Å². The molecule has 0 saturated heterocycles. The number of ether oxygens (including phenoxy) is 2. The highest BCUT2D eigenvalue weighted by atomic mass is 32.2. The molecule has 0 spiro atoms. The lowest BCUT2D eigenvalue weighted by Gasteiger charge is -2.14. The van der Waals surface area contributed by atoms with Crippen molar-refractivity contribution in [2.24, 2.45) is 0 Å². The Kier molecular flexibility index (Phi) is 6.18. The fraction of sp³-hybridized carbons (Fsp3) is 0.160. The smallest absolute Gasteiger partial charge is 0.262 e. The Labute approximate surface area is 198 Å². The predicted molar refractivity (Wildman–Crippen MR) is 127 cm³/mol. The second kappa shape index (κ2) is 9.56. The van der Waals surface area contributed by atoms with Gasteiger partial charge in [0.2, 0.25) is 12.7 Å². The minimum Gasteiger partial charge on any atom is -0.454 e. The number of benzene rings is 3. The first kappa shape index (κ1) is 22.0. The summed E-state index contributed by atoms with van der Waals surface area (Å²) in [5.41, 5.74) is 2.04. The number of carbonyl (C=O) groups is 1. The van der Waals surface area contributed by atoms with E-state index in [1.54, 1.807) is 34.9 Å². The van der Waals surface area contributed by atoms with E-state index in [4.69, 9.17) is 9.47 Å². The van der Waals surface area contributed by atoms with Gasteiger partial charge in [0.1, 0.15) is 5.82 Å². The van der Waals surface area contributed by atoms with Crippen molar-refractivity contribution in [3.05, 3.63) is 94.0 Å². The molecule has 0 aliphatic carbocycles. The van der Waals surface area contributed by atoms with E-state index in [1.807, 2.05) is 24.3 Å². The summed E-state index contributed by atoms with van der Waals surface area (Å²) in [5.74, 6) is 0.834. The molecule has 1 amide bonds. The van der Waals surface area contributed by atoms with Crippen LogP contribution >= 0.6 is 11.8 Å². The third kappa shape index (κ3) is 4.74. The highest BCUT2D eigenvalue weighted by Crippen LogP contribution is 2.33. The Morgan fingerprint density at radius 1 is 1.03 bits per heavy atom. The third-order valence-electron chi connectivity index (χ3n) is 5.34. The second-order valence-electron chi connectivity index (χ2n) is 7.68. The van der Waals surface area contributed by atoms with Gasteiger partial charge in [-0.3, -0.25) is 14.2 Å². The zero-order valence-electron chi connectivity index (χ0n) is 18.0. The summed E-state index contributed by atoms with van der Waals surface area (Å²) in [6, 6.07) is 18.6. The normalized spacial score (nSPS) is 12.1. The first-order chi connectivity index (χ1) is 16.6. The summed E-state index contributed by atoms with van der Waals surface area (Å²) in [5, 5.41) is 3.76. The molecule has 7 nitrogen and oxygen atoms in total. The van der Waals surface area contributed by atoms with E-state index in [0.29, 0.717) is 27.6 Å². The van der Waals surface area contributed by atoms with Crippen LogP contribution in [0.5, 0.6) is 11.5 Å². The maximum atomic E-state index is 13.3. The van der Waals surface area contributed by atoms with Gasteiger partial charge < -0.3 is 14.8 Å². The van der Waals surface area contributed by atoms with Gasteiger partial charge in [0.25, 0.3) is 5.56 Å². The molecule has 0 unspecified atom stereocenters. The molecular formula is C25H20FN3O4S. The van der Waals surface area contributed by atoms with Crippen LogP contribution in [0, 0.1) is 5.82 Å². The Hall–Kier alpha value is -3.85. The number of hydrogen-bond acceptors (Lipinski definition) is 6. The molecule has 0 bridgehead atoms. The molecular weight excluding hydrogens is 457 g/mol. The molecule has 0 radical (unpaired) electrons. The summed E-state index contributed by atoms with van der Waals surface area (Å²) < 4.78 is 25.4. The van der Waals surface area contributed by atoms with Gasteiger partial charge >= 0.3 is 0 Å². The number of aromatic nitrogens is 2. The number of fused-ring (bicyclic) bond motifs is 2. The Bertz CT molecular complexity index is 1420. The van der Waals surface area contributed by atoms with Crippen LogP contribution in [0.1, 0.15) is 11.1 Å². The monoisotopic (exact) mass is 477 g/mol. The molecule has 3 aromatic carbocycles. The molecule has 1 aliphatic rings. The van der Waals surface area contributed by atoms with Crippen LogP contribution in [0.4, 0.5) is 4.39 Å². The van der Waals surface area contributed by atoms with E-state index >= 15 is 0 Å². The zero-order chi connectivity index (χ0) is 23.5.